The molecule has 0 saturated heterocycles. The molecule has 0 aliphatic rings. The Bertz CT molecular complexity index is 726. The highest BCUT2D eigenvalue weighted by molar-refractivity contribution is 7.89. The van der Waals surface area contributed by atoms with Crippen LogP contribution in [0.5, 0.6) is 0 Å². The number of carbonyl (C=O) groups is 2. The number of sulfonamides is 1. The molecule has 0 bridgehead atoms. The van der Waals surface area contributed by atoms with Gasteiger partial charge in [0, 0.05) is 0 Å². The zero-order chi connectivity index (χ0) is 16.2. The molecule has 1 rings (SSSR count). The largest absolute Gasteiger partial charge is 0.480 e. The Morgan fingerprint density at radius 3 is 2.57 bits per heavy atom. The number of nitrogens with zero attached hydrogens (tertiary/aromatic N) is 1. The number of hydrogen-bond donors (Lipinski definition) is 3. The lowest BCUT2D eigenvalue weighted by molar-refractivity contribution is -0.140. The van der Waals surface area contributed by atoms with E-state index < -0.39 is 39.3 Å². The maximum Gasteiger partial charge on any atom is 0.322 e. The second-order valence-electron chi connectivity index (χ2n) is 3.94. The van der Waals surface area contributed by atoms with Gasteiger partial charge in [0.25, 0.3) is 0 Å². The molecule has 0 saturated carbocycles. The smallest absolute Gasteiger partial charge is 0.322 e. The Labute approximate surface area is 125 Å². The summed E-state index contributed by atoms with van der Waals surface area (Å²) < 4.78 is 26.0. The minimum absolute atomic E-state index is 0.0292. The van der Waals surface area contributed by atoms with Crippen LogP contribution in [0.2, 0.25) is 5.02 Å². The van der Waals surface area contributed by atoms with Crippen LogP contribution in [-0.4, -0.2) is 31.4 Å². The minimum atomic E-state index is -4.34. The Morgan fingerprint density at radius 2 is 2.10 bits per heavy atom. The van der Waals surface area contributed by atoms with E-state index in [1.165, 1.54) is 12.1 Å². The standard InChI is InChI=1S/C11H10ClN3O5S/c12-7-2-1-6(5-13)3-9(7)21(19,20)15-8(11(17)18)4-10(14)16/h1-3,8,15H,4H2,(H2,14,16)(H,17,18)/t8-/m1/s1. The number of aliphatic carboxylic acids is 1. The fourth-order valence-corrected chi connectivity index (χ4v) is 3.13. The van der Waals surface area contributed by atoms with Gasteiger partial charge in [0.15, 0.2) is 0 Å². The molecule has 0 aromatic heterocycles. The molecule has 21 heavy (non-hydrogen) atoms. The maximum absolute atomic E-state index is 12.1. The number of rotatable bonds is 6. The van der Waals surface area contributed by atoms with Crippen LogP contribution in [0.1, 0.15) is 12.0 Å². The average Bonchev–Trinajstić information content (AvgIpc) is 2.37. The molecule has 0 radical (unpaired) electrons. The van der Waals surface area contributed by atoms with E-state index >= 15 is 0 Å². The summed E-state index contributed by atoms with van der Waals surface area (Å²) in [6.07, 6.45) is -0.718. The molecule has 0 aliphatic heterocycles. The van der Waals surface area contributed by atoms with Crippen molar-refractivity contribution >= 4 is 33.5 Å². The highest BCUT2D eigenvalue weighted by Gasteiger charge is 2.28. The summed E-state index contributed by atoms with van der Waals surface area (Å²) in [6.45, 7) is 0. The monoisotopic (exact) mass is 331 g/mol. The molecule has 1 atom stereocenters. The maximum atomic E-state index is 12.1. The summed E-state index contributed by atoms with van der Waals surface area (Å²) in [7, 11) is -4.34. The first kappa shape index (κ1) is 16.9. The van der Waals surface area contributed by atoms with Crippen molar-refractivity contribution in [1.29, 1.82) is 5.26 Å². The topological polar surface area (TPSA) is 150 Å². The van der Waals surface area contributed by atoms with Crippen LogP contribution in [0.3, 0.4) is 0 Å². The zero-order valence-corrected chi connectivity index (χ0v) is 12.0. The minimum Gasteiger partial charge on any atom is -0.480 e. The number of nitriles is 1. The van der Waals surface area contributed by atoms with Gasteiger partial charge in [-0.1, -0.05) is 11.6 Å². The number of nitrogens with one attached hydrogen (secondary N) is 1. The van der Waals surface area contributed by atoms with E-state index in [9.17, 15) is 18.0 Å². The number of nitrogens with two attached hydrogens (primary N) is 1. The number of benzene rings is 1. The van der Waals surface area contributed by atoms with Crippen molar-refractivity contribution in [2.45, 2.75) is 17.4 Å². The third-order valence-electron chi connectivity index (χ3n) is 2.35. The predicted octanol–water partition coefficient (Wildman–Crippen LogP) is -0.181. The lowest BCUT2D eigenvalue weighted by atomic mass is 10.2. The van der Waals surface area contributed by atoms with Gasteiger partial charge in [-0.3, -0.25) is 9.59 Å². The molecule has 0 heterocycles. The van der Waals surface area contributed by atoms with Gasteiger partial charge in [-0.2, -0.15) is 9.98 Å². The second kappa shape index (κ2) is 6.53. The third-order valence-corrected chi connectivity index (χ3v) is 4.30. The molecule has 0 spiro atoms. The molecular weight excluding hydrogens is 322 g/mol. The number of hydrogen-bond acceptors (Lipinski definition) is 5. The highest BCUT2D eigenvalue weighted by atomic mass is 35.5. The highest BCUT2D eigenvalue weighted by Crippen LogP contribution is 2.22. The van der Waals surface area contributed by atoms with Crippen LogP contribution < -0.4 is 10.5 Å². The Morgan fingerprint density at radius 1 is 1.48 bits per heavy atom. The van der Waals surface area contributed by atoms with Crippen molar-refractivity contribution in [3.63, 3.8) is 0 Å². The summed E-state index contributed by atoms with van der Waals surface area (Å²) in [5, 5.41) is 17.4. The molecule has 0 aliphatic carbocycles. The summed E-state index contributed by atoms with van der Waals surface area (Å²) in [5.41, 5.74) is 4.89. The summed E-state index contributed by atoms with van der Waals surface area (Å²) >= 11 is 5.74. The van der Waals surface area contributed by atoms with E-state index in [4.69, 9.17) is 27.7 Å². The van der Waals surface area contributed by atoms with Crippen LogP contribution in [-0.2, 0) is 19.6 Å². The normalized spacial score (nSPS) is 12.4. The van der Waals surface area contributed by atoms with E-state index in [1.807, 2.05) is 4.72 Å². The first-order valence-electron chi connectivity index (χ1n) is 5.40. The van der Waals surface area contributed by atoms with E-state index in [1.54, 1.807) is 6.07 Å². The van der Waals surface area contributed by atoms with Gasteiger partial charge in [-0.15, -0.1) is 0 Å². The molecule has 1 aromatic rings. The van der Waals surface area contributed by atoms with Crippen LogP contribution in [0, 0.1) is 11.3 Å². The zero-order valence-electron chi connectivity index (χ0n) is 10.4. The number of carboxylic acids is 1. The van der Waals surface area contributed by atoms with E-state index in [0.717, 1.165) is 6.07 Å². The summed E-state index contributed by atoms with van der Waals surface area (Å²) in [4.78, 5) is 21.2. The van der Waals surface area contributed by atoms with Crippen molar-refractivity contribution in [2.24, 2.45) is 5.73 Å². The van der Waals surface area contributed by atoms with Gasteiger partial charge in [-0.05, 0) is 18.2 Å². The van der Waals surface area contributed by atoms with Crippen LogP contribution in [0.4, 0.5) is 0 Å². The Kier molecular flexibility index (Phi) is 5.26. The summed E-state index contributed by atoms with van der Waals surface area (Å²) in [6, 6.07) is 3.50. The number of halogens is 1. The van der Waals surface area contributed by atoms with Gasteiger partial charge in [0.05, 0.1) is 23.1 Å². The lowest BCUT2D eigenvalue weighted by Gasteiger charge is -2.14. The van der Waals surface area contributed by atoms with Crippen molar-refractivity contribution in [2.75, 3.05) is 0 Å². The Balaban J connectivity index is 3.19. The van der Waals surface area contributed by atoms with Gasteiger partial charge in [0.1, 0.15) is 10.9 Å². The Hall–Kier alpha value is -2.15. The SMILES string of the molecule is N#Cc1ccc(Cl)c(S(=O)(=O)N[C@H](CC(N)=O)C(=O)O)c1. The molecule has 4 N–H and O–H groups in total. The van der Waals surface area contributed by atoms with E-state index in [2.05, 4.69) is 0 Å². The van der Waals surface area contributed by atoms with E-state index in [0.29, 0.717) is 0 Å². The van der Waals surface area contributed by atoms with Crippen molar-refractivity contribution < 1.29 is 23.1 Å². The number of carboxylic acid groups (broad SMARTS) is 1. The number of carbonyl (C=O) groups excluding carboxylic acids is 1. The van der Waals surface area contributed by atoms with Crippen molar-refractivity contribution in [3.8, 4) is 6.07 Å². The average molecular weight is 332 g/mol. The molecule has 112 valence electrons. The van der Waals surface area contributed by atoms with Gasteiger partial charge >= 0.3 is 5.97 Å². The molecule has 0 unspecified atom stereocenters. The molecule has 1 amide bonds. The first-order chi connectivity index (χ1) is 9.67. The fourth-order valence-electron chi connectivity index (χ4n) is 1.41. The molecule has 1 aromatic carbocycles. The lowest BCUT2D eigenvalue weighted by Crippen LogP contribution is -2.43. The van der Waals surface area contributed by atoms with Crippen LogP contribution in [0.15, 0.2) is 23.1 Å². The quantitative estimate of drug-likeness (QED) is 0.657. The third kappa shape index (κ3) is 4.42. The summed E-state index contributed by atoms with van der Waals surface area (Å²) in [5.74, 6) is -2.55. The van der Waals surface area contributed by atoms with Gasteiger partial charge in [-0.25, -0.2) is 8.42 Å². The second-order valence-corrected chi connectivity index (χ2v) is 6.03. The number of amides is 1. The van der Waals surface area contributed by atoms with Gasteiger partial charge < -0.3 is 10.8 Å². The van der Waals surface area contributed by atoms with Crippen molar-refractivity contribution in [1.82, 2.24) is 4.72 Å². The van der Waals surface area contributed by atoms with E-state index in [-0.39, 0.29) is 10.6 Å². The van der Waals surface area contributed by atoms with Gasteiger partial charge in [0.2, 0.25) is 15.9 Å². The van der Waals surface area contributed by atoms with Crippen LogP contribution in [0.25, 0.3) is 0 Å². The molecule has 8 nitrogen and oxygen atoms in total. The predicted molar refractivity (Wildman–Crippen MR) is 71.7 cm³/mol. The molecule has 0 fully saturated rings. The first-order valence-corrected chi connectivity index (χ1v) is 7.26. The van der Waals surface area contributed by atoms with Crippen molar-refractivity contribution in [3.05, 3.63) is 28.8 Å². The number of primary amides is 1. The molecule has 10 heteroatoms. The fraction of sp³-hybridized carbons (Fsp3) is 0.182. The van der Waals surface area contributed by atoms with Crippen LogP contribution >= 0.6 is 11.6 Å². The molecular formula is C11H10ClN3O5S.